The van der Waals surface area contributed by atoms with Crippen molar-refractivity contribution in [1.29, 1.82) is 0 Å². The average Bonchev–Trinajstić information content (AvgIpc) is 3.17. The largest absolute Gasteiger partial charge is 0.487 e. The van der Waals surface area contributed by atoms with Crippen molar-refractivity contribution in [1.82, 2.24) is 15.0 Å². The molecule has 2 N–H and O–H groups in total. The Hall–Kier alpha value is -2.74. The van der Waals surface area contributed by atoms with E-state index < -0.39 is 5.91 Å². The van der Waals surface area contributed by atoms with Crippen molar-refractivity contribution in [3.8, 4) is 16.2 Å². The van der Waals surface area contributed by atoms with Crippen molar-refractivity contribution in [2.45, 2.75) is 13.5 Å². The minimum Gasteiger partial charge on any atom is -0.487 e. The lowest BCUT2D eigenvalue weighted by atomic mass is 10.0. The van der Waals surface area contributed by atoms with Crippen molar-refractivity contribution < 1.29 is 9.53 Å². The van der Waals surface area contributed by atoms with Gasteiger partial charge in [-0.05, 0) is 19.1 Å². The number of hydrogen-bond acceptors (Lipinski definition) is 6. The van der Waals surface area contributed by atoms with E-state index in [-0.39, 0.29) is 12.3 Å². The number of aromatic nitrogens is 3. The standard InChI is InChI=1S/C20H14Cl2N4O2S/c1-10-5-12(19-18(20(23)27)25-9-29-19)11-3-2-4-16(17(11)26-10)28-8-13-14(21)6-24-7-15(13)22/h2-7,9H,8H2,1H3,(H2,23,27). The van der Waals surface area contributed by atoms with Crippen molar-refractivity contribution >= 4 is 51.3 Å². The second-order valence-corrected chi connectivity index (χ2v) is 7.90. The zero-order valence-corrected chi connectivity index (χ0v) is 17.5. The van der Waals surface area contributed by atoms with E-state index in [1.54, 1.807) is 5.51 Å². The van der Waals surface area contributed by atoms with E-state index in [2.05, 4.69) is 15.0 Å². The third-order valence-corrected chi connectivity index (χ3v) is 5.81. The molecule has 0 fully saturated rings. The second kappa shape index (κ2) is 7.94. The molecule has 9 heteroatoms. The number of halogens is 2. The van der Waals surface area contributed by atoms with Gasteiger partial charge in [0, 0.05) is 34.6 Å². The van der Waals surface area contributed by atoms with Crippen LogP contribution in [0.5, 0.6) is 5.75 Å². The van der Waals surface area contributed by atoms with Crippen LogP contribution >= 0.6 is 34.5 Å². The number of nitrogens with zero attached hydrogens (tertiary/aromatic N) is 3. The quantitative estimate of drug-likeness (QED) is 0.465. The predicted octanol–water partition coefficient (Wildman–Crippen LogP) is 5.05. The summed E-state index contributed by atoms with van der Waals surface area (Å²) in [7, 11) is 0. The van der Waals surface area contributed by atoms with Crippen LogP contribution in [0.15, 0.2) is 42.2 Å². The molecule has 4 aromatic rings. The van der Waals surface area contributed by atoms with E-state index in [0.717, 1.165) is 16.6 Å². The molecule has 0 spiro atoms. The van der Waals surface area contributed by atoms with Crippen LogP contribution in [0.4, 0.5) is 0 Å². The number of nitrogens with two attached hydrogens (primary N) is 1. The first-order valence-electron chi connectivity index (χ1n) is 8.50. The van der Waals surface area contributed by atoms with Gasteiger partial charge in [0.2, 0.25) is 0 Å². The molecule has 3 aromatic heterocycles. The number of ether oxygens (including phenoxy) is 1. The maximum Gasteiger partial charge on any atom is 0.268 e. The molecule has 146 valence electrons. The van der Waals surface area contributed by atoms with Crippen molar-refractivity contribution in [3.63, 3.8) is 0 Å². The highest BCUT2D eigenvalue weighted by molar-refractivity contribution is 7.13. The van der Waals surface area contributed by atoms with Gasteiger partial charge in [0.15, 0.2) is 0 Å². The summed E-state index contributed by atoms with van der Waals surface area (Å²) in [5, 5.41) is 1.68. The fraction of sp³-hybridized carbons (Fsp3) is 0.100. The van der Waals surface area contributed by atoms with E-state index in [4.69, 9.17) is 33.7 Å². The van der Waals surface area contributed by atoms with E-state index in [9.17, 15) is 4.79 Å². The maximum absolute atomic E-state index is 11.8. The number of carbonyl (C=O) groups is 1. The lowest BCUT2D eigenvalue weighted by molar-refractivity contribution is 0.0997. The number of carbonyl (C=O) groups excluding carboxylic acids is 1. The molecule has 0 radical (unpaired) electrons. The Bertz CT molecular complexity index is 1220. The average molecular weight is 445 g/mol. The highest BCUT2D eigenvalue weighted by atomic mass is 35.5. The lowest BCUT2D eigenvalue weighted by Crippen LogP contribution is -2.12. The lowest BCUT2D eigenvalue weighted by Gasteiger charge is -2.13. The summed E-state index contributed by atoms with van der Waals surface area (Å²) in [6.07, 6.45) is 3.04. The first-order chi connectivity index (χ1) is 14.0. The van der Waals surface area contributed by atoms with Crippen LogP contribution in [0.25, 0.3) is 21.3 Å². The first-order valence-corrected chi connectivity index (χ1v) is 10.1. The number of pyridine rings is 2. The molecule has 0 saturated carbocycles. The number of benzene rings is 1. The summed E-state index contributed by atoms with van der Waals surface area (Å²) < 4.78 is 6.01. The normalized spacial score (nSPS) is 11.0. The van der Waals surface area contributed by atoms with Crippen LogP contribution in [-0.2, 0) is 6.61 Å². The third-order valence-electron chi connectivity index (χ3n) is 4.30. The summed E-state index contributed by atoms with van der Waals surface area (Å²) in [5.41, 5.74) is 10.2. The SMILES string of the molecule is Cc1cc(-c2scnc2C(N)=O)c2cccc(OCc3c(Cl)cncc3Cl)c2n1. The minimum absolute atomic E-state index is 0.164. The number of amides is 1. The first kappa shape index (κ1) is 19.6. The molecule has 6 nitrogen and oxygen atoms in total. The highest BCUT2D eigenvalue weighted by Gasteiger charge is 2.18. The van der Waals surface area contributed by atoms with Crippen LogP contribution in [0.1, 0.15) is 21.7 Å². The number of thiazole rings is 1. The van der Waals surface area contributed by atoms with E-state index in [1.807, 2.05) is 31.2 Å². The summed E-state index contributed by atoms with van der Waals surface area (Å²) in [6.45, 7) is 2.04. The van der Waals surface area contributed by atoms with Crippen LogP contribution < -0.4 is 10.5 Å². The van der Waals surface area contributed by atoms with Gasteiger partial charge in [0.25, 0.3) is 5.91 Å². The molecule has 1 aromatic carbocycles. The summed E-state index contributed by atoms with van der Waals surface area (Å²) in [4.78, 5) is 25.2. The van der Waals surface area contributed by atoms with Gasteiger partial charge in [0.05, 0.1) is 20.4 Å². The zero-order valence-electron chi connectivity index (χ0n) is 15.1. The van der Waals surface area contributed by atoms with Crippen LogP contribution in [0.2, 0.25) is 10.0 Å². The molecule has 0 saturated heterocycles. The smallest absolute Gasteiger partial charge is 0.268 e. The number of aryl methyl sites for hydroxylation is 1. The van der Waals surface area contributed by atoms with Crippen molar-refractivity contribution in [3.05, 3.63) is 69.2 Å². The number of hydrogen-bond donors (Lipinski definition) is 1. The van der Waals surface area contributed by atoms with Crippen LogP contribution in [0, 0.1) is 6.92 Å². The maximum atomic E-state index is 11.8. The Labute approximate surface area is 180 Å². The Morgan fingerprint density at radius 2 is 2.00 bits per heavy atom. The van der Waals surface area contributed by atoms with Crippen LogP contribution in [0.3, 0.4) is 0 Å². The van der Waals surface area contributed by atoms with Gasteiger partial charge in [-0.3, -0.25) is 9.78 Å². The molecule has 0 aliphatic rings. The van der Waals surface area contributed by atoms with Gasteiger partial charge < -0.3 is 10.5 Å². The predicted molar refractivity (Wildman–Crippen MR) is 115 cm³/mol. The molecule has 0 atom stereocenters. The van der Waals surface area contributed by atoms with Gasteiger partial charge in [-0.1, -0.05) is 35.3 Å². The molecule has 0 bridgehead atoms. The second-order valence-electron chi connectivity index (χ2n) is 6.23. The topological polar surface area (TPSA) is 91.0 Å². The Kier molecular flexibility index (Phi) is 5.36. The number of para-hydroxylation sites is 1. The van der Waals surface area contributed by atoms with Gasteiger partial charge in [0.1, 0.15) is 23.6 Å². The summed E-state index contributed by atoms with van der Waals surface area (Å²) in [5.74, 6) is -0.000207. The highest BCUT2D eigenvalue weighted by Crippen LogP contribution is 2.37. The Balaban J connectivity index is 1.80. The van der Waals surface area contributed by atoms with Crippen molar-refractivity contribution in [2.75, 3.05) is 0 Å². The molecule has 29 heavy (non-hydrogen) atoms. The third kappa shape index (κ3) is 3.76. The molecule has 4 rings (SSSR count). The van der Waals surface area contributed by atoms with E-state index in [0.29, 0.717) is 31.8 Å². The van der Waals surface area contributed by atoms with Gasteiger partial charge in [-0.2, -0.15) is 0 Å². The molecule has 0 unspecified atom stereocenters. The van der Waals surface area contributed by atoms with E-state index in [1.165, 1.54) is 23.7 Å². The molecule has 3 heterocycles. The van der Waals surface area contributed by atoms with E-state index >= 15 is 0 Å². The zero-order chi connectivity index (χ0) is 20.5. The van der Waals surface area contributed by atoms with Gasteiger partial charge >= 0.3 is 0 Å². The monoisotopic (exact) mass is 444 g/mol. The van der Waals surface area contributed by atoms with Gasteiger partial charge in [-0.25, -0.2) is 9.97 Å². The molecule has 0 aliphatic heterocycles. The molecular formula is C20H14Cl2N4O2S. The number of fused-ring (bicyclic) bond motifs is 1. The van der Waals surface area contributed by atoms with Crippen molar-refractivity contribution in [2.24, 2.45) is 5.73 Å². The fourth-order valence-electron chi connectivity index (χ4n) is 2.99. The summed E-state index contributed by atoms with van der Waals surface area (Å²) in [6, 6.07) is 7.51. The Morgan fingerprint density at radius 1 is 1.24 bits per heavy atom. The minimum atomic E-state index is -0.571. The van der Waals surface area contributed by atoms with Gasteiger partial charge in [-0.15, -0.1) is 11.3 Å². The van der Waals surface area contributed by atoms with Crippen LogP contribution in [-0.4, -0.2) is 20.9 Å². The Morgan fingerprint density at radius 3 is 2.72 bits per heavy atom. The molecule has 0 aliphatic carbocycles. The fourth-order valence-corrected chi connectivity index (χ4v) is 4.29. The summed E-state index contributed by atoms with van der Waals surface area (Å²) >= 11 is 13.7. The molecule has 1 amide bonds. The number of primary amides is 1. The number of rotatable bonds is 5. The molecular weight excluding hydrogens is 431 g/mol.